The summed E-state index contributed by atoms with van der Waals surface area (Å²) in [5.41, 5.74) is 0.304. The Morgan fingerprint density at radius 2 is 2.15 bits per heavy atom. The van der Waals surface area contributed by atoms with Gasteiger partial charge >= 0.3 is 0 Å². The fourth-order valence-corrected chi connectivity index (χ4v) is 2.39. The summed E-state index contributed by atoms with van der Waals surface area (Å²) >= 11 is 0. The van der Waals surface area contributed by atoms with Gasteiger partial charge in [-0.3, -0.25) is 0 Å². The van der Waals surface area contributed by atoms with Crippen LogP contribution in [0.3, 0.4) is 0 Å². The monoisotopic (exact) mass is 277 g/mol. The highest BCUT2D eigenvalue weighted by Crippen LogP contribution is 2.28. The Morgan fingerprint density at radius 3 is 2.85 bits per heavy atom. The Labute approximate surface area is 116 Å². The van der Waals surface area contributed by atoms with Crippen LogP contribution in [0, 0.1) is 5.82 Å². The lowest BCUT2D eigenvalue weighted by Crippen LogP contribution is -2.27. The fourth-order valence-electron chi connectivity index (χ4n) is 2.39. The molecule has 1 aliphatic heterocycles. The average Bonchev–Trinajstić information content (AvgIpc) is 2.97. The summed E-state index contributed by atoms with van der Waals surface area (Å²) in [7, 11) is 1.50. The first kappa shape index (κ1) is 13.1. The van der Waals surface area contributed by atoms with Crippen molar-refractivity contribution in [1.82, 2.24) is 15.5 Å². The largest absolute Gasteiger partial charge is 0.497 e. The molecule has 0 spiro atoms. The third-order valence-corrected chi connectivity index (χ3v) is 3.55. The van der Waals surface area contributed by atoms with Gasteiger partial charge in [0.15, 0.2) is 5.82 Å². The normalized spacial score (nSPS) is 16.3. The number of methoxy groups -OCH3 is 1. The van der Waals surface area contributed by atoms with Crippen LogP contribution in [0.4, 0.5) is 4.39 Å². The number of nitrogens with zero attached hydrogens (tertiary/aromatic N) is 2. The van der Waals surface area contributed by atoms with Crippen molar-refractivity contribution in [2.75, 3.05) is 20.2 Å². The quantitative estimate of drug-likeness (QED) is 0.933. The second-order valence-corrected chi connectivity index (χ2v) is 4.83. The molecule has 0 amide bonds. The van der Waals surface area contributed by atoms with Gasteiger partial charge in [0, 0.05) is 12.0 Å². The van der Waals surface area contributed by atoms with E-state index in [-0.39, 0.29) is 11.8 Å². The van der Waals surface area contributed by atoms with Crippen molar-refractivity contribution in [3.63, 3.8) is 0 Å². The molecule has 0 bridgehead atoms. The van der Waals surface area contributed by atoms with Crippen LogP contribution in [0.1, 0.15) is 24.6 Å². The number of ether oxygens (including phenoxy) is 1. The summed E-state index contributed by atoms with van der Waals surface area (Å²) in [5.74, 6) is 1.21. The molecule has 0 unspecified atom stereocenters. The maximum absolute atomic E-state index is 14.0. The lowest BCUT2D eigenvalue weighted by atomic mass is 9.98. The van der Waals surface area contributed by atoms with E-state index in [2.05, 4.69) is 15.5 Å². The van der Waals surface area contributed by atoms with Gasteiger partial charge in [0.05, 0.1) is 12.7 Å². The van der Waals surface area contributed by atoms with E-state index in [1.165, 1.54) is 13.2 Å². The number of piperidine rings is 1. The van der Waals surface area contributed by atoms with Gasteiger partial charge in [-0.1, -0.05) is 5.16 Å². The van der Waals surface area contributed by atoms with Crippen LogP contribution in [-0.4, -0.2) is 30.3 Å². The number of rotatable bonds is 3. The van der Waals surface area contributed by atoms with Gasteiger partial charge in [-0.25, -0.2) is 4.39 Å². The average molecular weight is 277 g/mol. The molecule has 0 atom stereocenters. The zero-order chi connectivity index (χ0) is 13.9. The van der Waals surface area contributed by atoms with E-state index in [4.69, 9.17) is 9.26 Å². The molecule has 1 saturated heterocycles. The Bertz CT molecular complexity index is 594. The first-order chi connectivity index (χ1) is 9.78. The topological polar surface area (TPSA) is 60.2 Å². The van der Waals surface area contributed by atoms with E-state index in [1.54, 1.807) is 12.1 Å². The molecule has 6 heteroatoms. The molecule has 0 aliphatic carbocycles. The van der Waals surface area contributed by atoms with E-state index in [9.17, 15) is 4.39 Å². The van der Waals surface area contributed by atoms with Gasteiger partial charge in [0.2, 0.25) is 0 Å². The predicted octanol–water partition coefficient (Wildman–Crippen LogP) is 2.35. The van der Waals surface area contributed by atoms with E-state index in [1.807, 2.05) is 0 Å². The molecule has 1 aliphatic rings. The first-order valence-corrected chi connectivity index (χ1v) is 6.66. The Kier molecular flexibility index (Phi) is 3.64. The molecular weight excluding hydrogens is 261 g/mol. The zero-order valence-electron chi connectivity index (χ0n) is 11.2. The third kappa shape index (κ3) is 2.51. The SMILES string of the molecule is COc1ccc(-c2nc(C3CCNCC3)no2)c(F)c1. The van der Waals surface area contributed by atoms with E-state index in [0.717, 1.165) is 25.9 Å². The Balaban J connectivity index is 1.85. The molecule has 1 N–H and O–H groups in total. The van der Waals surface area contributed by atoms with Crippen molar-refractivity contribution in [1.29, 1.82) is 0 Å². The molecule has 1 aromatic carbocycles. The number of nitrogens with one attached hydrogen (secondary N) is 1. The number of hydrogen-bond donors (Lipinski definition) is 1. The lowest BCUT2D eigenvalue weighted by molar-refractivity contribution is 0.390. The summed E-state index contributed by atoms with van der Waals surface area (Å²) in [6, 6.07) is 4.57. The maximum Gasteiger partial charge on any atom is 0.260 e. The van der Waals surface area contributed by atoms with Crippen molar-refractivity contribution in [3.05, 3.63) is 29.8 Å². The molecule has 5 nitrogen and oxygen atoms in total. The molecule has 2 aromatic rings. The van der Waals surface area contributed by atoms with Crippen molar-refractivity contribution >= 4 is 0 Å². The van der Waals surface area contributed by atoms with Gasteiger partial charge in [0.1, 0.15) is 11.6 Å². The van der Waals surface area contributed by atoms with Crippen LogP contribution in [0.25, 0.3) is 11.5 Å². The molecule has 1 aromatic heterocycles. The molecule has 3 rings (SSSR count). The summed E-state index contributed by atoms with van der Waals surface area (Å²) in [6.07, 6.45) is 1.95. The zero-order valence-corrected chi connectivity index (χ0v) is 11.2. The van der Waals surface area contributed by atoms with Crippen molar-refractivity contribution in [3.8, 4) is 17.2 Å². The second kappa shape index (κ2) is 5.58. The summed E-state index contributed by atoms with van der Waals surface area (Å²) in [4.78, 5) is 4.33. The van der Waals surface area contributed by atoms with Crippen molar-refractivity contribution < 1.29 is 13.7 Å². The third-order valence-electron chi connectivity index (χ3n) is 3.55. The summed E-state index contributed by atoms with van der Waals surface area (Å²) in [6.45, 7) is 1.90. The minimum absolute atomic E-state index is 0.221. The van der Waals surface area contributed by atoms with Gasteiger partial charge < -0.3 is 14.6 Å². The van der Waals surface area contributed by atoms with Gasteiger partial charge in [-0.05, 0) is 38.1 Å². The van der Waals surface area contributed by atoms with Gasteiger partial charge in [-0.2, -0.15) is 4.98 Å². The second-order valence-electron chi connectivity index (χ2n) is 4.83. The van der Waals surface area contributed by atoms with Crippen LogP contribution >= 0.6 is 0 Å². The van der Waals surface area contributed by atoms with E-state index in [0.29, 0.717) is 17.1 Å². The van der Waals surface area contributed by atoms with E-state index >= 15 is 0 Å². The molecular formula is C14H16FN3O2. The maximum atomic E-state index is 14.0. The van der Waals surface area contributed by atoms with Crippen LogP contribution in [0.5, 0.6) is 5.75 Å². The smallest absolute Gasteiger partial charge is 0.260 e. The highest BCUT2D eigenvalue weighted by Gasteiger charge is 2.22. The van der Waals surface area contributed by atoms with Gasteiger partial charge in [0.25, 0.3) is 5.89 Å². The number of hydrogen-bond acceptors (Lipinski definition) is 5. The molecule has 20 heavy (non-hydrogen) atoms. The molecule has 2 heterocycles. The summed E-state index contributed by atoms with van der Waals surface area (Å²) < 4.78 is 24.1. The van der Waals surface area contributed by atoms with E-state index < -0.39 is 5.82 Å². The van der Waals surface area contributed by atoms with Crippen molar-refractivity contribution in [2.24, 2.45) is 0 Å². The standard InChI is InChI=1S/C14H16FN3O2/c1-19-10-2-3-11(12(15)8-10)14-17-13(18-20-14)9-4-6-16-7-5-9/h2-3,8-9,16H,4-7H2,1H3. The highest BCUT2D eigenvalue weighted by atomic mass is 19.1. The Hall–Kier alpha value is -1.95. The van der Waals surface area contributed by atoms with Gasteiger partial charge in [-0.15, -0.1) is 0 Å². The number of aromatic nitrogens is 2. The molecule has 106 valence electrons. The summed E-state index contributed by atoms with van der Waals surface area (Å²) in [5, 5.41) is 7.27. The predicted molar refractivity (Wildman–Crippen MR) is 71.1 cm³/mol. The number of benzene rings is 1. The molecule has 0 saturated carbocycles. The minimum Gasteiger partial charge on any atom is -0.497 e. The molecule has 1 fully saturated rings. The van der Waals surface area contributed by atoms with Crippen LogP contribution < -0.4 is 10.1 Å². The van der Waals surface area contributed by atoms with Crippen LogP contribution in [0.15, 0.2) is 22.7 Å². The number of halogens is 1. The minimum atomic E-state index is -0.426. The van der Waals surface area contributed by atoms with Crippen LogP contribution in [0.2, 0.25) is 0 Å². The van der Waals surface area contributed by atoms with Crippen LogP contribution in [-0.2, 0) is 0 Å². The lowest BCUT2D eigenvalue weighted by Gasteiger charge is -2.18. The fraction of sp³-hybridized carbons (Fsp3) is 0.429. The van der Waals surface area contributed by atoms with Crippen molar-refractivity contribution in [2.45, 2.75) is 18.8 Å². The highest BCUT2D eigenvalue weighted by molar-refractivity contribution is 5.55. The Morgan fingerprint density at radius 1 is 1.35 bits per heavy atom. The molecule has 0 radical (unpaired) electrons. The first-order valence-electron chi connectivity index (χ1n) is 6.66.